The molecule has 3 aromatic heterocycles. The van der Waals surface area contributed by atoms with Crippen molar-refractivity contribution in [1.82, 2.24) is 14.7 Å². The Balaban J connectivity index is 1.74. The molecule has 1 amide bonds. The third kappa shape index (κ3) is 2.44. The smallest absolute Gasteiger partial charge is 0.270 e. The van der Waals surface area contributed by atoms with Gasteiger partial charge in [0.05, 0.1) is 5.69 Å². The second kappa shape index (κ2) is 5.46. The monoisotopic (exact) mass is 285 g/mol. The molecule has 3 heterocycles. The fourth-order valence-corrected chi connectivity index (χ4v) is 2.93. The van der Waals surface area contributed by atoms with Gasteiger partial charge in [0.25, 0.3) is 5.91 Å². The molecule has 0 saturated carbocycles. The minimum Gasteiger partial charge on any atom is -0.350 e. The van der Waals surface area contributed by atoms with Crippen molar-refractivity contribution in [2.45, 2.75) is 13.3 Å². The number of nitrogens with zero attached hydrogens (tertiary/aromatic N) is 2. The molecule has 0 aliphatic carbocycles. The van der Waals surface area contributed by atoms with E-state index in [1.807, 2.05) is 41.1 Å². The van der Waals surface area contributed by atoms with Gasteiger partial charge in [-0.2, -0.15) is 11.3 Å². The van der Waals surface area contributed by atoms with Crippen LogP contribution < -0.4 is 5.32 Å². The standard InChI is InChI=1S/C15H15N3OS/c1-11-14(18-8-3-2-4-13(18)17-11)15(19)16-7-5-12-6-9-20-10-12/h2-4,6,8-10H,5,7H2,1H3,(H,16,19). The zero-order chi connectivity index (χ0) is 13.9. The second-order valence-electron chi connectivity index (χ2n) is 4.61. The highest BCUT2D eigenvalue weighted by atomic mass is 32.1. The van der Waals surface area contributed by atoms with Gasteiger partial charge in [-0.1, -0.05) is 6.07 Å². The molecule has 4 nitrogen and oxygen atoms in total. The van der Waals surface area contributed by atoms with Gasteiger partial charge in [0.15, 0.2) is 0 Å². The number of pyridine rings is 1. The molecule has 5 heteroatoms. The first-order valence-corrected chi connectivity index (χ1v) is 7.43. The number of hydrogen-bond donors (Lipinski definition) is 1. The van der Waals surface area contributed by atoms with E-state index in [1.54, 1.807) is 11.3 Å². The molecule has 20 heavy (non-hydrogen) atoms. The number of amides is 1. The fourth-order valence-electron chi connectivity index (χ4n) is 2.23. The van der Waals surface area contributed by atoms with Crippen molar-refractivity contribution in [2.75, 3.05) is 6.54 Å². The summed E-state index contributed by atoms with van der Waals surface area (Å²) in [5.41, 5.74) is 3.42. The van der Waals surface area contributed by atoms with Crippen molar-refractivity contribution < 1.29 is 4.79 Å². The summed E-state index contributed by atoms with van der Waals surface area (Å²) in [5.74, 6) is -0.0728. The quantitative estimate of drug-likeness (QED) is 0.801. The summed E-state index contributed by atoms with van der Waals surface area (Å²) < 4.78 is 1.83. The molecule has 0 bridgehead atoms. The summed E-state index contributed by atoms with van der Waals surface area (Å²) >= 11 is 1.67. The van der Waals surface area contributed by atoms with Crippen LogP contribution in [0.25, 0.3) is 5.65 Å². The number of nitrogens with one attached hydrogen (secondary N) is 1. The van der Waals surface area contributed by atoms with Crippen LogP contribution in [0.3, 0.4) is 0 Å². The van der Waals surface area contributed by atoms with E-state index < -0.39 is 0 Å². The average Bonchev–Trinajstić information content (AvgIpc) is 3.04. The zero-order valence-electron chi connectivity index (χ0n) is 11.2. The van der Waals surface area contributed by atoms with Gasteiger partial charge in [-0.25, -0.2) is 4.98 Å². The predicted molar refractivity (Wildman–Crippen MR) is 80.3 cm³/mol. The molecule has 3 aromatic rings. The Labute approximate surface area is 121 Å². The van der Waals surface area contributed by atoms with Crippen molar-refractivity contribution in [2.24, 2.45) is 0 Å². The first-order chi connectivity index (χ1) is 9.75. The summed E-state index contributed by atoms with van der Waals surface area (Å²) in [6, 6.07) is 7.79. The maximum atomic E-state index is 12.3. The van der Waals surface area contributed by atoms with Gasteiger partial charge in [0.2, 0.25) is 0 Å². The van der Waals surface area contributed by atoms with Crippen LogP contribution in [0.4, 0.5) is 0 Å². The lowest BCUT2D eigenvalue weighted by Crippen LogP contribution is -2.27. The molecular formula is C15H15N3OS. The first kappa shape index (κ1) is 12.9. The van der Waals surface area contributed by atoms with Crippen molar-refractivity contribution in [1.29, 1.82) is 0 Å². The van der Waals surface area contributed by atoms with Crippen molar-refractivity contribution >= 4 is 22.9 Å². The van der Waals surface area contributed by atoms with Gasteiger partial charge in [0, 0.05) is 12.7 Å². The summed E-state index contributed by atoms with van der Waals surface area (Å²) in [4.78, 5) is 16.7. The Morgan fingerprint density at radius 2 is 2.30 bits per heavy atom. The third-order valence-electron chi connectivity index (χ3n) is 3.20. The first-order valence-electron chi connectivity index (χ1n) is 6.48. The fraction of sp³-hybridized carbons (Fsp3) is 0.200. The highest BCUT2D eigenvalue weighted by Gasteiger charge is 2.15. The molecule has 1 N–H and O–H groups in total. The zero-order valence-corrected chi connectivity index (χ0v) is 12.0. The van der Waals surface area contributed by atoms with Crippen LogP contribution in [0.1, 0.15) is 21.7 Å². The summed E-state index contributed by atoms with van der Waals surface area (Å²) in [7, 11) is 0. The van der Waals surface area contributed by atoms with E-state index in [-0.39, 0.29) is 5.91 Å². The maximum Gasteiger partial charge on any atom is 0.270 e. The Kier molecular flexibility index (Phi) is 3.52. The normalized spacial score (nSPS) is 10.8. The van der Waals surface area contributed by atoms with E-state index in [0.29, 0.717) is 12.2 Å². The van der Waals surface area contributed by atoms with Crippen molar-refractivity contribution in [3.05, 3.63) is 58.2 Å². The average molecular weight is 285 g/mol. The Bertz CT molecular complexity index is 731. The molecule has 0 radical (unpaired) electrons. The van der Waals surface area contributed by atoms with E-state index in [0.717, 1.165) is 17.8 Å². The number of fused-ring (bicyclic) bond motifs is 1. The minimum absolute atomic E-state index is 0.0728. The van der Waals surface area contributed by atoms with Gasteiger partial charge in [0.1, 0.15) is 11.3 Å². The van der Waals surface area contributed by atoms with Crippen LogP contribution >= 0.6 is 11.3 Å². The summed E-state index contributed by atoms with van der Waals surface area (Å²) in [6.07, 6.45) is 2.72. The number of thiophene rings is 1. The molecule has 0 aliphatic heterocycles. The predicted octanol–water partition coefficient (Wildman–Crippen LogP) is 2.68. The van der Waals surface area contributed by atoms with Gasteiger partial charge < -0.3 is 5.32 Å². The van der Waals surface area contributed by atoms with E-state index in [4.69, 9.17) is 0 Å². The topological polar surface area (TPSA) is 46.4 Å². The number of aromatic nitrogens is 2. The Hall–Kier alpha value is -2.14. The highest BCUT2D eigenvalue weighted by molar-refractivity contribution is 7.07. The van der Waals surface area contributed by atoms with Crippen LogP contribution in [0.2, 0.25) is 0 Å². The lowest BCUT2D eigenvalue weighted by atomic mass is 10.2. The molecule has 0 unspecified atom stereocenters. The Morgan fingerprint density at radius 3 is 3.10 bits per heavy atom. The van der Waals surface area contributed by atoms with Gasteiger partial charge in [-0.3, -0.25) is 9.20 Å². The third-order valence-corrected chi connectivity index (χ3v) is 3.93. The highest BCUT2D eigenvalue weighted by Crippen LogP contribution is 2.11. The number of carbonyl (C=O) groups is 1. The summed E-state index contributed by atoms with van der Waals surface area (Å²) in [6.45, 7) is 2.50. The van der Waals surface area contributed by atoms with Crippen LogP contribution in [0, 0.1) is 6.92 Å². The lowest BCUT2D eigenvalue weighted by Gasteiger charge is -2.05. The van der Waals surface area contributed by atoms with E-state index in [1.165, 1.54) is 5.56 Å². The molecule has 0 aromatic carbocycles. The number of hydrogen-bond acceptors (Lipinski definition) is 3. The molecular weight excluding hydrogens is 270 g/mol. The molecule has 0 saturated heterocycles. The number of aryl methyl sites for hydroxylation is 1. The van der Waals surface area contributed by atoms with Crippen molar-refractivity contribution in [3.63, 3.8) is 0 Å². The van der Waals surface area contributed by atoms with Crippen LogP contribution in [0.5, 0.6) is 0 Å². The van der Waals surface area contributed by atoms with Crippen LogP contribution in [0.15, 0.2) is 41.2 Å². The minimum atomic E-state index is -0.0728. The van der Waals surface area contributed by atoms with Gasteiger partial charge >= 0.3 is 0 Å². The molecule has 102 valence electrons. The van der Waals surface area contributed by atoms with Crippen LogP contribution in [-0.4, -0.2) is 21.8 Å². The largest absolute Gasteiger partial charge is 0.350 e. The molecule has 0 aliphatic rings. The van der Waals surface area contributed by atoms with E-state index in [2.05, 4.69) is 21.7 Å². The van der Waals surface area contributed by atoms with E-state index >= 15 is 0 Å². The molecule has 0 atom stereocenters. The SMILES string of the molecule is Cc1nc2ccccn2c1C(=O)NCCc1ccsc1. The van der Waals surface area contributed by atoms with E-state index in [9.17, 15) is 4.79 Å². The second-order valence-corrected chi connectivity index (χ2v) is 5.39. The molecule has 0 spiro atoms. The number of rotatable bonds is 4. The molecule has 0 fully saturated rings. The van der Waals surface area contributed by atoms with Crippen molar-refractivity contribution in [3.8, 4) is 0 Å². The van der Waals surface area contributed by atoms with Crippen LogP contribution in [-0.2, 0) is 6.42 Å². The lowest BCUT2D eigenvalue weighted by molar-refractivity contribution is 0.0947. The maximum absolute atomic E-state index is 12.3. The summed E-state index contributed by atoms with van der Waals surface area (Å²) in [5, 5.41) is 7.11. The number of carbonyl (C=O) groups excluding carboxylic acids is 1. The van der Waals surface area contributed by atoms with Gasteiger partial charge in [-0.05, 0) is 47.9 Å². The Morgan fingerprint density at radius 1 is 1.40 bits per heavy atom. The molecule has 3 rings (SSSR count). The number of imidazole rings is 1. The van der Waals surface area contributed by atoms with Gasteiger partial charge in [-0.15, -0.1) is 0 Å².